The fraction of sp³-hybridized carbons (Fsp3) is 0.286. The maximum Gasteiger partial charge on any atom is 0.404 e. The predicted octanol–water partition coefficient (Wildman–Crippen LogP) is 6.09. The molecule has 1 atom stereocenters. The zero-order valence-electron chi connectivity index (χ0n) is 17.1. The first kappa shape index (κ1) is 23.4. The van der Waals surface area contributed by atoms with Gasteiger partial charge in [0.2, 0.25) is 0 Å². The molecular formula is C21H21Cl2FN4O2S. The number of hydrogen-bond donors (Lipinski definition) is 2. The molecule has 1 aromatic carbocycles. The third-order valence-electron chi connectivity index (χ3n) is 4.57. The van der Waals surface area contributed by atoms with Crippen molar-refractivity contribution in [2.75, 3.05) is 0 Å². The van der Waals surface area contributed by atoms with Crippen LogP contribution in [-0.2, 0) is 6.42 Å². The molecule has 10 heteroatoms. The van der Waals surface area contributed by atoms with E-state index in [1.54, 1.807) is 29.1 Å². The molecule has 0 spiro atoms. The Balaban J connectivity index is 2.03. The van der Waals surface area contributed by atoms with Crippen molar-refractivity contribution in [3.05, 3.63) is 64.3 Å². The van der Waals surface area contributed by atoms with Crippen molar-refractivity contribution in [3.8, 4) is 5.69 Å². The Labute approximate surface area is 193 Å². The molecule has 31 heavy (non-hydrogen) atoms. The molecule has 0 radical (unpaired) electrons. The van der Waals surface area contributed by atoms with Crippen LogP contribution in [0.5, 0.6) is 0 Å². The second-order valence-corrected chi connectivity index (χ2v) is 9.81. The van der Waals surface area contributed by atoms with Gasteiger partial charge in [-0.05, 0) is 35.7 Å². The van der Waals surface area contributed by atoms with E-state index in [1.807, 2.05) is 32.9 Å². The summed E-state index contributed by atoms with van der Waals surface area (Å²) in [5.74, 6) is -0.555. The van der Waals surface area contributed by atoms with E-state index in [1.165, 1.54) is 17.8 Å². The van der Waals surface area contributed by atoms with Crippen LogP contribution in [0.2, 0.25) is 10.2 Å². The molecule has 2 aromatic heterocycles. The van der Waals surface area contributed by atoms with Gasteiger partial charge in [0.05, 0.1) is 11.4 Å². The molecule has 0 saturated carbocycles. The number of amides is 1. The fourth-order valence-electron chi connectivity index (χ4n) is 2.89. The lowest BCUT2D eigenvalue weighted by Crippen LogP contribution is -2.44. The van der Waals surface area contributed by atoms with Gasteiger partial charge in [-0.25, -0.2) is 18.9 Å². The fourth-order valence-corrected chi connectivity index (χ4v) is 4.11. The lowest BCUT2D eigenvalue weighted by atomic mass is 9.84. The third kappa shape index (κ3) is 5.90. The normalized spacial score (nSPS) is 12.6. The number of hydrogen-bond acceptors (Lipinski definition) is 4. The second-order valence-electron chi connectivity index (χ2n) is 7.95. The minimum absolute atomic E-state index is 0.0516. The largest absolute Gasteiger partial charge is 0.465 e. The lowest BCUT2D eigenvalue weighted by molar-refractivity contribution is 0.174. The zero-order valence-corrected chi connectivity index (χ0v) is 19.4. The van der Waals surface area contributed by atoms with Crippen molar-refractivity contribution in [1.82, 2.24) is 20.1 Å². The maximum absolute atomic E-state index is 14.1. The Bertz CT molecular complexity index is 1080. The van der Waals surface area contributed by atoms with Crippen LogP contribution in [0.3, 0.4) is 0 Å². The van der Waals surface area contributed by atoms with Gasteiger partial charge in [-0.3, -0.25) is 0 Å². The van der Waals surface area contributed by atoms with E-state index in [0.29, 0.717) is 28.0 Å². The van der Waals surface area contributed by atoms with Crippen LogP contribution in [-0.4, -0.2) is 32.0 Å². The molecule has 0 bridgehead atoms. The molecule has 0 aliphatic rings. The summed E-state index contributed by atoms with van der Waals surface area (Å²) in [7, 11) is 0. The molecule has 1 unspecified atom stereocenters. The standard InChI is InChI=1S/C21H21Cl2FN4O2S/c1-21(2,3)16(26-20(29)30)9-12-10-18(31-13-7-8-17(22)25-11-13)28(27-12)15-6-4-5-14(24)19(15)23/h4-8,10-11,16,26H,9H2,1-3H3,(H,29,30). The molecule has 0 fully saturated rings. The Morgan fingerprint density at radius 3 is 2.65 bits per heavy atom. The summed E-state index contributed by atoms with van der Waals surface area (Å²) < 4.78 is 15.7. The van der Waals surface area contributed by atoms with Crippen molar-refractivity contribution >= 4 is 41.1 Å². The van der Waals surface area contributed by atoms with Crippen LogP contribution in [0.15, 0.2) is 52.5 Å². The molecule has 164 valence electrons. The summed E-state index contributed by atoms with van der Waals surface area (Å²) in [5, 5.41) is 17.4. The first-order chi connectivity index (χ1) is 14.5. The van der Waals surface area contributed by atoms with Crippen LogP contribution in [0.1, 0.15) is 26.5 Å². The minimum Gasteiger partial charge on any atom is -0.465 e. The highest BCUT2D eigenvalue weighted by Gasteiger charge is 2.28. The highest BCUT2D eigenvalue weighted by Crippen LogP contribution is 2.34. The van der Waals surface area contributed by atoms with Crippen LogP contribution in [0.4, 0.5) is 9.18 Å². The summed E-state index contributed by atoms with van der Waals surface area (Å²) >= 11 is 13.5. The summed E-state index contributed by atoms with van der Waals surface area (Å²) in [4.78, 5) is 16.2. The number of carbonyl (C=O) groups is 1. The molecule has 2 heterocycles. The Kier molecular flexibility index (Phi) is 7.13. The highest BCUT2D eigenvalue weighted by molar-refractivity contribution is 7.99. The molecule has 2 N–H and O–H groups in total. The summed E-state index contributed by atoms with van der Waals surface area (Å²) in [5.41, 5.74) is 0.681. The highest BCUT2D eigenvalue weighted by atomic mass is 35.5. The smallest absolute Gasteiger partial charge is 0.404 e. The number of benzene rings is 1. The topological polar surface area (TPSA) is 80.0 Å². The van der Waals surface area contributed by atoms with E-state index in [0.717, 1.165) is 4.90 Å². The van der Waals surface area contributed by atoms with E-state index in [4.69, 9.17) is 23.2 Å². The van der Waals surface area contributed by atoms with E-state index in [2.05, 4.69) is 15.4 Å². The number of rotatable bonds is 6. The third-order valence-corrected chi connectivity index (χ3v) is 6.14. The van der Waals surface area contributed by atoms with Gasteiger partial charge in [0.25, 0.3) is 0 Å². The predicted molar refractivity (Wildman–Crippen MR) is 120 cm³/mol. The van der Waals surface area contributed by atoms with Crippen molar-refractivity contribution < 1.29 is 14.3 Å². The monoisotopic (exact) mass is 482 g/mol. The average Bonchev–Trinajstić information content (AvgIpc) is 3.06. The first-order valence-electron chi connectivity index (χ1n) is 9.37. The Hall–Kier alpha value is -2.29. The minimum atomic E-state index is -1.10. The Morgan fingerprint density at radius 1 is 1.29 bits per heavy atom. The second kappa shape index (κ2) is 9.46. The summed E-state index contributed by atoms with van der Waals surface area (Å²) in [6.45, 7) is 5.84. The van der Waals surface area contributed by atoms with E-state index < -0.39 is 11.9 Å². The van der Waals surface area contributed by atoms with Gasteiger partial charge in [0.15, 0.2) is 0 Å². The van der Waals surface area contributed by atoms with Crippen molar-refractivity contribution in [1.29, 1.82) is 0 Å². The molecule has 6 nitrogen and oxygen atoms in total. The number of nitrogens with zero attached hydrogens (tertiary/aromatic N) is 3. The summed E-state index contributed by atoms with van der Waals surface area (Å²) in [6.07, 6.45) is 0.873. The number of pyridine rings is 1. The molecular weight excluding hydrogens is 462 g/mol. The van der Waals surface area contributed by atoms with Gasteiger partial charge in [-0.2, -0.15) is 5.10 Å². The molecule has 3 rings (SSSR count). The number of nitrogens with one attached hydrogen (secondary N) is 1. The lowest BCUT2D eigenvalue weighted by Gasteiger charge is -2.29. The van der Waals surface area contributed by atoms with Crippen LogP contribution in [0.25, 0.3) is 5.69 Å². The quantitative estimate of drug-likeness (QED) is 0.415. The van der Waals surface area contributed by atoms with Crippen molar-refractivity contribution in [2.45, 2.75) is 43.2 Å². The van der Waals surface area contributed by atoms with Crippen LogP contribution in [0, 0.1) is 11.2 Å². The van der Waals surface area contributed by atoms with Gasteiger partial charge in [-0.1, -0.05) is 61.8 Å². The van der Waals surface area contributed by atoms with Crippen LogP contribution >= 0.6 is 35.0 Å². The Morgan fingerprint density at radius 2 is 2.03 bits per heavy atom. The molecule has 3 aromatic rings. The number of aromatic nitrogens is 3. The maximum atomic E-state index is 14.1. The molecule has 0 saturated heterocycles. The van der Waals surface area contributed by atoms with E-state index in [9.17, 15) is 14.3 Å². The van der Waals surface area contributed by atoms with Gasteiger partial charge < -0.3 is 10.4 Å². The average molecular weight is 483 g/mol. The van der Waals surface area contributed by atoms with E-state index >= 15 is 0 Å². The number of halogens is 3. The van der Waals surface area contributed by atoms with E-state index in [-0.39, 0.29) is 16.5 Å². The molecule has 0 aliphatic carbocycles. The van der Waals surface area contributed by atoms with Gasteiger partial charge in [0.1, 0.15) is 21.0 Å². The molecule has 1 amide bonds. The zero-order chi connectivity index (χ0) is 22.8. The van der Waals surface area contributed by atoms with Crippen molar-refractivity contribution in [2.24, 2.45) is 5.41 Å². The molecule has 0 aliphatic heterocycles. The van der Waals surface area contributed by atoms with Gasteiger partial charge in [0, 0.05) is 23.6 Å². The van der Waals surface area contributed by atoms with Crippen molar-refractivity contribution in [3.63, 3.8) is 0 Å². The number of carboxylic acid groups (broad SMARTS) is 1. The summed E-state index contributed by atoms with van der Waals surface area (Å²) in [6, 6.07) is 9.44. The first-order valence-corrected chi connectivity index (χ1v) is 10.9. The van der Waals surface area contributed by atoms with Gasteiger partial charge in [-0.15, -0.1) is 0 Å². The van der Waals surface area contributed by atoms with Crippen LogP contribution < -0.4 is 5.32 Å². The SMILES string of the molecule is CC(C)(C)C(Cc1cc(Sc2ccc(Cl)nc2)n(-c2cccc(F)c2Cl)n1)NC(=O)O. The van der Waals surface area contributed by atoms with Gasteiger partial charge >= 0.3 is 6.09 Å².